The molecule has 3 rings (SSSR count). The summed E-state index contributed by atoms with van der Waals surface area (Å²) in [5.41, 5.74) is 2.12. The minimum absolute atomic E-state index is 0.0811. The standard InChI is InChI=1S/C21H20Cl2N4O2/c1-2-26(14-19(28)25-21-17(22)5-3-6-18(21)23)20(29)13-15-7-9-16(10-8-15)27-12-4-11-24-27/h3-12H,2,13-14H2,1H3,(H,25,28). The molecule has 1 N–H and O–H groups in total. The van der Waals surface area contributed by atoms with E-state index in [-0.39, 0.29) is 24.8 Å². The van der Waals surface area contributed by atoms with Gasteiger partial charge in [-0.25, -0.2) is 4.68 Å². The van der Waals surface area contributed by atoms with Crippen LogP contribution in [0.25, 0.3) is 5.69 Å². The van der Waals surface area contributed by atoms with E-state index in [9.17, 15) is 9.59 Å². The molecular weight excluding hydrogens is 411 g/mol. The van der Waals surface area contributed by atoms with Crippen molar-refractivity contribution in [2.24, 2.45) is 0 Å². The van der Waals surface area contributed by atoms with E-state index in [4.69, 9.17) is 23.2 Å². The van der Waals surface area contributed by atoms with Crippen molar-refractivity contribution in [2.75, 3.05) is 18.4 Å². The third-order valence-electron chi connectivity index (χ3n) is 4.36. The van der Waals surface area contributed by atoms with Crippen LogP contribution in [0.4, 0.5) is 5.69 Å². The Labute approximate surface area is 179 Å². The molecule has 0 fully saturated rings. The van der Waals surface area contributed by atoms with Gasteiger partial charge in [-0.05, 0) is 42.8 Å². The molecule has 1 heterocycles. The number of benzene rings is 2. The second kappa shape index (κ2) is 9.58. The number of nitrogens with zero attached hydrogens (tertiary/aromatic N) is 3. The summed E-state index contributed by atoms with van der Waals surface area (Å²) in [4.78, 5) is 26.5. The number of anilines is 1. The number of nitrogens with one attached hydrogen (secondary N) is 1. The molecule has 8 heteroatoms. The number of halogens is 2. The van der Waals surface area contributed by atoms with Crippen molar-refractivity contribution < 1.29 is 9.59 Å². The summed E-state index contributed by atoms with van der Waals surface area (Å²) < 4.78 is 1.74. The Bertz CT molecular complexity index is 968. The monoisotopic (exact) mass is 430 g/mol. The van der Waals surface area contributed by atoms with E-state index >= 15 is 0 Å². The highest BCUT2D eigenvalue weighted by Gasteiger charge is 2.17. The van der Waals surface area contributed by atoms with Crippen LogP contribution in [0.1, 0.15) is 12.5 Å². The van der Waals surface area contributed by atoms with Gasteiger partial charge in [0.2, 0.25) is 11.8 Å². The zero-order chi connectivity index (χ0) is 20.8. The van der Waals surface area contributed by atoms with E-state index in [1.54, 1.807) is 29.1 Å². The number of hydrogen-bond donors (Lipinski definition) is 1. The smallest absolute Gasteiger partial charge is 0.244 e. The van der Waals surface area contributed by atoms with Crippen LogP contribution in [-0.4, -0.2) is 39.6 Å². The quantitative estimate of drug-likeness (QED) is 0.610. The van der Waals surface area contributed by atoms with E-state index in [1.165, 1.54) is 4.90 Å². The van der Waals surface area contributed by atoms with Gasteiger partial charge in [-0.3, -0.25) is 9.59 Å². The Hall–Kier alpha value is -2.83. The molecule has 0 aliphatic carbocycles. The summed E-state index contributed by atoms with van der Waals surface area (Å²) in [5.74, 6) is -0.496. The van der Waals surface area contributed by atoms with E-state index in [0.29, 0.717) is 22.3 Å². The van der Waals surface area contributed by atoms with E-state index in [1.807, 2.05) is 43.5 Å². The molecule has 1 aromatic heterocycles. The third kappa shape index (κ3) is 5.37. The average Bonchev–Trinajstić information content (AvgIpc) is 3.24. The Morgan fingerprint density at radius 2 is 1.76 bits per heavy atom. The maximum absolute atomic E-state index is 12.7. The van der Waals surface area contributed by atoms with Crippen molar-refractivity contribution in [3.63, 3.8) is 0 Å². The molecule has 0 unspecified atom stereocenters. The van der Waals surface area contributed by atoms with Crippen molar-refractivity contribution >= 4 is 40.7 Å². The minimum Gasteiger partial charge on any atom is -0.333 e. The van der Waals surface area contributed by atoms with Gasteiger partial charge in [0.25, 0.3) is 0 Å². The lowest BCUT2D eigenvalue weighted by Crippen LogP contribution is -2.38. The molecule has 29 heavy (non-hydrogen) atoms. The summed E-state index contributed by atoms with van der Waals surface area (Å²) in [6.07, 6.45) is 3.76. The molecule has 0 spiro atoms. The normalized spacial score (nSPS) is 10.6. The molecule has 0 saturated heterocycles. The largest absolute Gasteiger partial charge is 0.333 e. The van der Waals surface area contributed by atoms with Gasteiger partial charge in [-0.15, -0.1) is 0 Å². The molecule has 0 saturated carbocycles. The summed E-state index contributed by atoms with van der Waals surface area (Å²) in [5, 5.41) is 7.54. The van der Waals surface area contributed by atoms with Crippen molar-refractivity contribution in [1.29, 1.82) is 0 Å². The van der Waals surface area contributed by atoms with E-state index in [2.05, 4.69) is 10.4 Å². The highest BCUT2D eigenvalue weighted by atomic mass is 35.5. The molecule has 150 valence electrons. The Balaban J connectivity index is 1.60. The first kappa shape index (κ1) is 20.9. The maximum Gasteiger partial charge on any atom is 0.244 e. The maximum atomic E-state index is 12.7. The third-order valence-corrected chi connectivity index (χ3v) is 4.99. The summed E-state index contributed by atoms with van der Waals surface area (Å²) >= 11 is 12.2. The van der Waals surface area contributed by atoms with Crippen LogP contribution < -0.4 is 5.32 Å². The molecular formula is C21H20Cl2N4O2. The van der Waals surface area contributed by atoms with Gasteiger partial charge in [-0.1, -0.05) is 41.4 Å². The molecule has 2 amide bonds. The Morgan fingerprint density at radius 3 is 2.34 bits per heavy atom. The number of carbonyl (C=O) groups excluding carboxylic acids is 2. The van der Waals surface area contributed by atoms with Gasteiger partial charge >= 0.3 is 0 Å². The van der Waals surface area contributed by atoms with E-state index < -0.39 is 0 Å². The lowest BCUT2D eigenvalue weighted by atomic mass is 10.1. The Morgan fingerprint density at radius 1 is 1.07 bits per heavy atom. The van der Waals surface area contributed by atoms with Gasteiger partial charge in [0.15, 0.2) is 0 Å². The summed E-state index contributed by atoms with van der Waals surface area (Å²) in [6, 6.07) is 14.4. The lowest BCUT2D eigenvalue weighted by molar-refractivity contribution is -0.133. The predicted octanol–water partition coefficient (Wildman–Crippen LogP) is 4.21. The van der Waals surface area contributed by atoms with Crippen molar-refractivity contribution in [2.45, 2.75) is 13.3 Å². The van der Waals surface area contributed by atoms with Crippen molar-refractivity contribution in [3.8, 4) is 5.69 Å². The van der Waals surface area contributed by atoms with Crippen LogP contribution in [0.2, 0.25) is 10.0 Å². The second-order valence-corrected chi connectivity index (χ2v) is 7.16. The van der Waals surface area contributed by atoms with Crippen LogP contribution in [0.3, 0.4) is 0 Å². The van der Waals surface area contributed by atoms with Gasteiger partial charge in [-0.2, -0.15) is 5.10 Å². The molecule has 0 aliphatic rings. The van der Waals surface area contributed by atoms with E-state index in [0.717, 1.165) is 11.3 Å². The molecule has 0 atom stereocenters. The van der Waals surface area contributed by atoms with Crippen LogP contribution in [0.5, 0.6) is 0 Å². The van der Waals surface area contributed by atoms with Crippen LogP contribution in [0, 0.1) is 0 Å². The zero-order valence-electron chi connectivity index (χ0n) is 15.8. The van der Waals surface area contributed by atoms with Gasteiger partial charge < -0.3 is 10.2 Å². The molecule has 3 aromatic rings. The first-order valence-electron chi connectivity index (χ1n) is 9.08. The predicted molar refractivity (Wildman–Crippen MR) is 115 cm³/mol. The Kier molecular flexibility index (Phi) is 6.90. The molecule has 0 aliphatic heterocycles. The zero-order valence-corrected chi connectivity index (χ0v) is 17.3. The van der Waals surface area contributed by atoms with Crippen LogP contribution in [-0.2, 0) is 16.0 Å². The fourth-order valence-electron chi connectivity index (χ4n) is 2.82. The van der Waals surface area contributed by atoms with Gasteiger partial charge in [0.05, 0.1) is 34.4 Å². The topological polar surface area (TPSA) is 67.2 Å². The fourth-order valence-corrected chi connectivity index (χ4v) is 3.31. The molecule has 0 bridgehead atoms. The van der Waals surface area contributed by atoms with Gasteiger partial charge in [0, 0.05) is 18.9 Å². The minimum atomic E-state index is -0.357. The lowest BCUT2D eigenvalue weighted by Gasteiger charge is -2.21. The van der Waals surface area contributed by atoms with Crippen molar-refractivity contribution in [3.05, 3.63) is 76.5 Å². The first-order chi connectivity index (χ1) is 14.0. The number of para-hydroxylation sites is 1. The summed E-state index contributed by atoms with van der Waals surface area (Å²) in [7, 11) is 0. The van der Waals surface area contributed by atoms with Crippen LogP contribution >= 0.6 is 23.2 Å². The first-order valence-corrected chi connectivity index (χ1v) is 9.84. The highest BCUT2D eigenvalue weighted by Crippen LogP contribution is 2.29. The second-order valence-electron chi connectivity index (χ2n) is 6.35. The number of amides is 2. The van der Waals surface area contributed by atoms with Crippen molar-refractivity contribution in [1.82, 2.24) is 14.7 Å². The number of rotatable bonds is 7. The number of likely N-dealkylation sites (N-methyl/N-ethyl adjacent to an activating group) is 1. The number of aromatic nitrogens is 2. The highest BCUT2D eigenvalue weighted by molar-refractivity contribution is 6.39. The molecule has 0 radical (unpaired) electrons. The average molecular weight is 431 g/mol. The molecule has 6 nitrogen and oxygen atoms in total. The number of carbonyl (C=O) groups is 2. The SMILES string of the molecule is CCN(CC(=O)Nc1c(Cl)cccc1Cl)C(=O)Cc1ccc(-n2cccn2)cc1. The van der Waals surface area contributed by atoms with Gasteiger partial charge in [0.1, 0.15) is 0 Å². The molecule has 2 aromatic carbocycles. The number of hydrogen-bond acceptors (Lipinski definition) is 3. The fraction of sp³-hybridized carbons (Fsp3) is 0.190. The summed E-state index contributed by atoms with van der Waals surface area (Å²) in [6.45, 7) is 2.16. The van der Waals surface area contributed by atoms with Crippen LogP contribution in [0.15, 0.2) is 60.9 Å².